The van der Waals surface area contributed by atoms with E-state index in [1.807, 2.05) is 0 Å². The van der Waals surface area contributed by atoms with Gasteiger partial charge in [-0.05, 0) is 42.0 Å². The first kappa shape index (κ1) is 31.0. The van der Waals surface area contributed by atoms with E-state index < -0.39 is 88.6 Å². The van der Waals surface area contributed by atoms with Crippen LogP contribution in [0.15, 0.2) is 63.8 Å². The van der Waals surface area contributed by atoms with E-state index in [9.17, 15) is 55.5 Å². The van der Waals surface area contributed by atoms with Crippen molar-refractivity contribution in [3.05, 3.63) is 70.4 Å². The second-order valence-corrected chi connectivity index (χ2v) is 9.97. The van der Waals surface area contributed by atoms with Gasteiger partial charge in [0.1, 0.15) is 53.5 Å². The summed E-state index contributed by atoms with van der Waals surface area (Å²) in [7, 11) is 0. The van der Waals surface area contributed by atoms with Crippen molar-refractivity contribution in [3.63, 3.8) is 0 Å². The molecule has 9 N–H and O–H groups in total. The number of aromatic hydroxyl groups is 6. The molecule has 5 rings (SSSR count). The maximum absolute atomic E-state index is 12.8. The van der Waals surface area contributed by atoms with E-state index >= 15 is 0 Å². The molecule has 0 aliphatic carbocycles. The molecule has 2 heterocycles. The summed E-state index contributed by atoms with van der Waals surface area (Å²) < 4.78 is 21.8. The summed E-state index contributed by atoms with van der Waals surface area (Å²) >= 11 is 0. The fourth-order valence-electron chi connectivity index (χ4n) is 4.50. The van der Waals surface area contributed by atoms with Gasteiger partial charge in [-0.25, -0.2) is 4.79 Å². The average molecular weight is 627 g/mol. The molecule has 4 aromatic rings. The van der Waals surface area contributed by atoms with E-state index in [4.69, 9.17) is 18.6 Å². The highest BCUT2D eigenvalue weighted by atomic mass is 16.7. The van der Waals surface area contributed by atoms with Crippen molar-refractivity contribution >= 4 is 23.0 Å². The van der Waals surface area contributed by atoms with Crippen molar-refractivity contribution in [3.8, 4) is 51.6 Å². The Kier molecular flexibility index (Phi) is 8.43. The van der Waals surface area contributed by atoms with Crippen molar-refractivity contribution < 1.29 is 69.4 Å². The zero-order valence-electron chi connectivity index (χ0n) is 22.8. The molecule has 2 unspecified atom stereocenters. The zero-order chi connectivity index (χ0) is 32.6. The second-order valence-electron chi connectivity index (χ2n) is 9.97. The minimum atomic E-state index is -1.84. The lowest BCUT2D eigenvalue weighted by Gasteiger charge is -2.39. The van der Waals surface area contributed by atoms with Gasteiger partial charge >= 0.3 is 5.97 Å². The van der Waals surface area contributed by atoms with Gasteiger partial charge in [0, 0.05) is 23.8 Å². The number of phenols is 5. The maximum Gasteiger partial charge on any atom is 0.330 e. The highest BCUT2D eigenvalue weighted by Gasteiger charge is 2.45. The molecule has 1 aliphatic heterocycles. The molecule has 0 saturated carbocycles. The number of aliphatic hydroxyl groups excluding tert-OH is 3. The van der Waals surface area contributed by atoms with Crippen LogP contribution >= 0.6 is 0 Å². The first-order chi connectivity index (χ1) is 21.3. The molecule has 15 nitrogen and oxygen atoms in total. The normalized spacial score (nSPS) is 21.6. The maximum atomic E-state index is 12.8. The number of hydrogen-bond donors (Lipinski definition) is 9. The lowest BCUT2D eigenvalue weighted by Crippen LogP contribution is -2.60. The van der Waals surface area contributed by atoms with Crippen molar-refractivity contribution in [2.24, 2.45) is 0 Å². The minimum absolute atomic E-state index is 0.00389. The smallest absolute Gasteiger partial charge is 0.330 e. The van der Waals surface area contributed by atoms with Crippen LogP contribution < -0.4 is 10.2 Å². The third-order valence-electron chi connectivity index (χ3n) is 6.88. The summed E-state index contributed by atoms with van der Waals surface area (Å²) in [6, 6.07) is 9.25. The third-order valence-corrected chi connectivity index (χ3v) is 6.88. The molecule has 3 aromatic carbocycles. The highest BCUT2D eigenvalue weighted by Crippen LogP contribution is 2.38. The standard InChI is InChI=1S/C30H26O15/c31-15-4-1-12(7-17(15)33)2-6-22(36)42-11-21-24(37)26(39)28(41)30(45-21)43-14-9-19(35)23-20(10-14)44-29(27(40)25(23)38)13-3-5-16(32)18(34)8-13/h1-10,21,24,26,28,30-35,37,39-41H,11H2/b6-2+/t21?,24-,26+,28-,30?/m1/s1. The third kappa shape index (κ3) is 6.27. The Hall–Kier alpha value is -5.48. The average Bonchev–Trinajstić information content (AvgIpc) is 3.00. The number of carbonyl (C=O) groups excluding carboxylic acids is 1. The van der Waals surface area contributed by atoms with Gasteiger partial charge < -0.3 is 64.6 Å². The number of benzene rings is 3. The lowest BCUT2D eigenvalue weighted by molar-refractivity contribution is -0.278. The fourth-order valence-corrected chi connectivity index (χ4v) is 4.50. The van der Waals surface area contributed by atoms with Gasteiger partial charge in [-0.2, -0.15) is 0 Å². The predicted octanol–water partition coefficient (Wildman–Crippen LogP) is 1.14. The molecule has 0 spiro atoms. The quantitative estimate of drug-likeness (QED) is 0.0791. The van der Waals surface area contributed by atoms with E-state index in [0.29, 0.717) is 5.56 Å². The monoisotopic (exact) mass is 626 g/mol. The van der Waals surface area contributed by atoms with Crippen LogP contribution in [0.4, 0.5) is 0 Å². The number of hydrogen-bond acceptors (Lipinski definition) is 15. The summed E-state index contributed by atoms with van der Waals surface area (Å²) in [6.07, 6.45) is -6.21. The summed E-state index contributed by atoms with van der Waals surface area (Å²) in [5, 5.41) is 90.1. The fraction of sp³-hybridized carbons (Fsp3) is 0.200. The molecule has 0 bridgehead atoms. The van der Waals surface area contributed by atoms with Gasteiger partial charge in [0.05, 0.1) is 0 Å². The Balaban J connectivity index is 1.34. The lowest BCUT2D eigenvalue weighted by atomic mass is 9.99. The van der Waals surface area contributed by atoms with Crippen LogP contribution in [0, 0.1) is 0 Å². The number of aliphatic hydroxyl groups is 3. The number of ether oxygens (including phenoxy) is 3. The van der Waals surface area contributed by atoms with Crippen LogP contribution in [0.1, 0.15) is 5.56 Å². The van der Waals surface area contributed by atoms with Crippen molar-refractivity contribution in [1.82, 2.24) is 0 Å². The molecule has 0 radical (unpaired) electrons. The highest BCUT2D eigenvalue weighted by molar-refractivity contribution is 5.88. The van der Waals surface area contributed by atoms with Gasteiger partial charge in [-0.3, -0.25) is 4.79 Å². The number of fused-ring (bicyclic) bond motifs is 1. The van der Waals surface area contributed by atoms with E-state index in [-0.39, 0.29) is 22.6 Å². The van der Waals surface area contributed by atoms with Gasteiger partial charge in [0.2, 0.25) is 17.5 Å². The van der Waals surface area contributed by atoms with Gasteiger partial charge in [-0.15, -0.1) is 0 Å². The van der Waals surface area contributed by atoms with E-state index in [2.05, 4.69) is 0 Å². The Morgan fingerprint density at radius 1 is 0.800 bits per heavy atom. The molecule has 15 heteroatoms. The molecule has 1 fully saturated rings. The van der Waals surface area contributed by atoms with Crippen molar-refractivity contribution in [2.75, 3.05) is 6.61 Å². The predicted molar refractivity (Wildman–Crippen MR) is 152 cm³/mol. The zero-order valence-corrected chi connectivity index (χ0v) is 22.8. The molecule has 45 heavy (non-hydrogen) atoms. The summed E-state index contributed by atoms with van der Waals surface area (Å²) in [5.41, 5.74) is -0.973. The number of rotatable bonds is 7. The molecule has 1 saturated heterocycles. The Bertz CT molecular complexity index is 1850. The van der Waals surface area contributed by atoms with Crippen LogP contribution in [-0.2, 0) is 14.3 Å². The number of carbonyl (C=O) groups is 1. The minimum Gasteiger partial charge on any atom is -0.507 e. The Morgan fingerprint density at radius 3 is 2.18 bits per heavy atom. The topological polar surface area (TPSA) is 257 Å². The van der Waals surface area contributed by atoms with Gasteiger partial charge in [-0.1, -0.05) is 6.07 Å². The van der Waals surface area contributed by atoms with Crippen LogP contribution in [0.2, 0.25) is 0 Å². The van der Waals surface area contributed by atoms with Crippen LogP contribution in [-0.4, -0.2) is 89.2 Å². The first-order valence-corrected chi connectivity index (χ1v) is 13.1. The molecule has 1 aromatic heterocycles. The van der Waals surface area contributed by atoms with E-state index in [1.165, 1.54) is 30.3 Å². The molecule has 5 atom stereocenters. The largest absolute Gasteiger partial charge is 0.507 e. The molecule has 236 valence electrons. The van der Waals surface area contributed by atoms with Gasteiger partial charge in [0.15, 0.2) is 28.8 Å². The second kappa shape index (κ2) is 12.3. The van der Waals surface area contributed by atoms with Crippen LogP contribution in [0.5, 0.6) is 40.2 Å². The van der Waals surface area contributed by atoms with Crippen LogP contribution in [0.25, 0.3) is 28.4 Å². The van der Waals surface area contributed by atoms with Crippen molar-refractivity contribution in [2.45, 2.75) is 30.7 Å². The number of phenolic OH excluding ortho intramolecular Hbond substituents is 5. The molecule has 0 amide bonds. The van der Waals surface area contributed by atoms with Crippen molar-refractivity contribution in [1.29, 1.82) is 0 Å². The Morgan fingerprint density at radius 2 is 1.49 bits per heavy atom. The molecular formula is C30H26O15. The summed E-state index contributed by atoms with van der Waals surface area (Å²) in [6.45, 7) is -0.602. The number of esters is 1. The Labute approximate surface area is 251 Å². The van der Waals surface area contributed by atoms with Gasteiger partial charge in [0.25, 0.3) is 0 Å². The summed E-state index contributed by atoms with van der Waals surface area (Å²) in [5.74, 6) is -4.93. The SMILES string of the molecule is O=C(/C=C/c1ccc(O)c(O)c1)OCC1OC(Oc2cc(O)c3c(=O)c(O)c(-c4ccc(O)c(O)c4)oc3c2)[C@H](O)[C@@H](O)[C@@H]1O. The molecule has 1 aliphatic rings. The molecular weight excluding hydrogens is 600 g/mol. The first-order valence-electron chi connectivity index (χ1n) is 13.1. The van der Waals surface area contributed by atoms with Crippen LogP contribution in [0.3, 0.4) is 0 Å². The summed E-state index contributed by atoms with van der Waals surface area (Å²) in [4.78, 5) is 25.0. The van der Waals surface area contributed by atoms with E-state index in [1.54, 1.807) is 0 Å². The van der Waals surface area contributed by atoms with E-state index in [0.717, 1.165) is 30.3 Å².